The summed E-state index contributed by atoms with van der Waals surface area (Å²) >= 11 is 1.59. The molecule has 0 aliphatic heterocycles. The fourth-order valence-electron chi connectivity index (χ4n) is 2.05. The van der Waals surface area contributed by atoms with Gasteiger partial charge in [-0.3, -0.25) is 0 Å². The Morgan fingerprint density at radius 1 is 1.27 bits per heavy atom. The maximum Gasteiger partial charge on any atom is 0.319 e. The molecule has 118 valence electrons. The normalized spacial score (nSPS) is 12.2. The van der Waals surface area contributed by atoms with Crippen LogP contribution < -0.4 is 10.6 Å². The molecular formula is C15H17F2N3OS. The van der Waals surface area contributed by atoms with Crippen LogP contribution in [0, 0.1) is 11.6 Å². The molecule has 7 heteroatoms. The van der Waals surface area contributed by atoms with Crippen LogP contribution in [0.4, 0.5) is 19.3 Å². The van der Waals surface area contributed by atoms with E-state index >= 15 is 0 Å². The first-order valence-corrected chi connectivity index (χ1v) is 7.59. The summed E-state index contributed by atoms with van der Waals surface area (Å²) in [5, 5.41) is 9.12. The van der Waals surface area contributed by atoms with Gasteiger partial charge in [0, 0.05) is 18.3 Å². The predicted octanol–water partition coefficient (Wildman–Crippen LogP) is 3.45. The van der Waals surface area contributed by atoms with Crippen molar-refractivity contribution in [3.05, 3.63) is 52.2 Å². The van der Waals surface area contributed by atoms with Gasteiger partial charge in [0.2, 0.25) is 0 Å². The van der Waals surface area contributed by atoms with Gasteiger partial charge in [-0.2, -0.15) is 11.3 Å². The van der Waals surface area contributed by atoms with Crippen molar-refractivity contribution < 1.29 is 13.6 Å². The molecule has 0 bridgehead atoms. The average Bonchev–Trinajstić information content (AvgIpc) is 2.91. The van der Waals surface area contributed by atoms with E-state index in [9.17, 15) is 13.6 Å². The number of hydrogen-bond acceptors (Lipinski definition) is 3. The van der Waals surface area contributed by atoms with E-state index in [1.165, 1.54) is 0 Å². The Balaban J connectivity index is 1.94. The molecule has 0 aliphatic carbocycles. The van der Waals surface area contributed by atoms with E-state index in [0.29, 0.717) is 6.54 Å². The summed E-state index contributed by atoms with van der Waals surface area (Å²) in [7, 11) is 3.84. The third-order valence-corrected chi connectivity index (χ3v) is 3.83. The van der Waals surface area contributed by atoms with Crippen molar-refractivity contribution in [2.45, 2.75) is 6.04 Å². The predicted molar refractivity (Wildman–Crippen MR) is 84.1 cm³/mol. The lowest BCUT2D eigenvalue weighted by Crippen LogP contribution is -2.36. The Hall–Kier alpha value is -1.99. The van der Waals surface area contributed by atoms with Gasteiger partial charge in [-0.15, -0.1) is 0 Å². The summed E-state index contributed by atoms with van der Waals surface area (Å²) in [6, 6.07) is 4.39. The van der Waals surface area contributed by atoms with Crippen LogP contribution in [0.5, 0.6) is 0 Å². The molecule has 0 spiro atoms. The molecule has 2 N–H and O–H groups in total. The SMILES string of the molecule is CN(C)C(CNC(=O)Nc1cc(F)cc(F)c1)c1ccsc1. The van der Waals surface area contributed by atoms with Gasteiger partial charge in [0.1, 0.15) is 11.6 Å². The van der Waals surface area contributed by atoms with Crippen LogP contribution in [0.15, 0.2) is 35.0 Å². The number of nitrogens with one attached hydrogen (secondary N) is 2. The number of carbonyl (C=O) groups is 1. The summed E-state index contributed by atoms with van der Waals surface area (Å²) in [6.07, 6.45) is 0. The van der Waals surface area contributed by atoms with E-state index in [1.54, 1.807) is 11.3 Å². The van der Waals surface area contributed by atoms with Gasteiger partial charge in [0.25, 0.3) is 0 Å². The molecule has 1 aromatic heterocycles. The highest BCUT2D eigenvalue weighted by molar-refractivity contribution is 7.07. The van der Waals surface area contributed by atoms with E-state index in [2.05, 4.69) is 10.6 Å². The van der Waals surface area contributed by atoms with Crippen LogP contribution >= 0.6 is 11.3 Å². The van der Waals surface area contributed by atoms with E-state index in [-0.39, 0.29) is 11.7 Å². The number of carbonyl (C=O) groups excluding carboxylic acids is 1. The third kappa shape index (κ3) is 4.51. The van der Waals surface area contributed by atoms with Crippen molar-refractivity contribution in [1.82, 2.24) is 10.2 Å². The van der Waals surface area contributed by atoms with Crippen molar-refractivity contribution in [3.8, 4) is 0 Å². The minimum absolute atomic E-state index is 0.0289. The molecule has 2 rings (SSSR count). The second-order valence-electron chi connectivity index (χ2n) is 5.03. The van der Waals surface area contributed by atoms with E-state index < -0.39 is 17.7 Å². The molecule has 1 heterocycles. The highest BCUT2D eigenvalue weighted by Crippen LogP contribution is 2.20. The van der Waals surface area contributed by atoms with Crippen LogP contribution in [0.2, 0.25) is 0 Å². The fourth-order valence-corrected chi connectivity index (χ4v) is 2.76. The quantitative estimate of drug-likeness (QED) is 0.884. The van der Waals surface area contributed by atoms with Gasteiger partial charge in [0.15, 0.2) is 0 Å². The Morgan fingerprint density at radius 3 is 2.50 bits per heavy atom. The number of halogens is 2. The first kappa shape index (κ1) is 16.4. The number of urea groups is 1. The van der Waals surface area contributed by atoms with Crippen LogP contribution in [0.25, 0.3) is 0 Å². The highest BCUT2D eigenvalue weighted by atomic mass is 32.1. The zero-order valence-corrected chi connectivity index (χ0v) is 13.1. The largest absolute Gasteiger partial charge is 0.336 e. The van der Waals surface area contributed by atoms with Crippen molar-refractivity contribution in [1.29, 1.82) is 0 Å². The smallest absolute Gasteiger partial charge is 0.319 e. The zero-order valence-electron chi connectivity index (χ0n) is 12.3. The van der Waals surface area contributed by atoms with E-state index in [4.69, 9.17) is 0 Å². The number of benzene rings is 1. The Labute approximate surface area is 131 Å². The van der Waals surface area contributed by atoms with Gasteiger partial charge in [-0.25, -0.2) is 13.6 Å². The number of amides is 2. The monoisotopic (exact) mass is 325 g/mol. The van der Waals surface area contributed by atoms with Crippen LogP contribution in [-0.4, -0.2) is 31.6 Å². The standard InChI is InChI=1S/C15H17F2N3OS/c1-20(2)14(10-3-4-22-9-10)8-18-15(21)19-13-6-11(16)5-12(17)7-13/h3-7,9,14H,8H2,1-2H3,(H2,18,19,21). The van der Waals surface area contributed by atoms with Gasteiger partial charge >= 0.3 is 6.03 Å². The van der Waals surface area contributed by atoms with Crippen LogP contribution in [0.3, 0.4) is 0 Å². The van der Waals surface area contributed by atoms with E-state index in [0.717, 1.165) is 23.8 Å². The number of nitrogens with zero attached hydrogens (tertiary/aromatic N) is 1. The third-order valence-electron chi connectivity index (χ3n) is 3.13. The van der Waals surface area contributed by atoms with Crippen molar-refractivity contribution >= 4 is 23.1 Å². The Morgan fingerprint density at radius 2 is 1.95 bits per heavy atom. The first-order valence-electron chi connectivity index (χ1n) is 6.65. The number of hydrogen-bond donors (Lipinski definition) is 2. The number of thiophene rings is 1. The highest BCUT2D eigenvalue weighted by Gasteiger charge is 2.15. The zero-order chi connectivity index (χ0) is 16.1. The lowest BCUT2D eigenvalue weighted by atomic mass is 10.1. The lowest BCUT2D eigenvalue weighted by molar-refractivity contribution is 0.243. The summed E-state index contributed by atoms with van der Waals surface area (Å²) in [5.74, 6) is -1.47. The summed E-state index contributed by atoms with van der Waals surface area (Å²) in [5.41, 5.74) is 1.18. The second-order valence-corrected chi connectivity index (χ2v) is 5.81. The van der Waals surface area contributed by atoms with Gasteiger partial charge < -0.3 is 15.5 Å². The van der Waals surface area contributed by atoms with E-state index in [1.807, 2.05) is 35.8 Å². The molecule has 0 saturated carbocycles. The summed E-state index contributed by atoms with van der Waals surface area (Å²) in [4.78, 5) is 13.8. The lowest BCUT2D eigenvalue weighted by Gasteiger charge is -2.24. The minimum Gasteiger partial charge on any atom is -0.336 e. The molecule has 0 aliphatic rings. The molecule has 2 amide bonds. The second kappa shape index (κ2) is 7.33. The van der Waals surface area contributed by atoms with Crippen molar-refractivity contribution in [2.75, 3.05) is 26.0 Å². The molecule has 0 saturated heterocycles. The van der Waals surface area contributed by atoms with Gasteiger partial charge in [-0.05, 0) is 48.6 Å². The molecule has 1 unspecified atom stereocenters. The summed E-state index contributed by atoms with van der Waals surface area (Å²) in [6.45, 7) is 0.382. The molecule has 1 atom stereocenters. The minimum atomic E-state index is -0.736. The van der Waals surface area contributed by atoms with Crippen molar-refractivity contribution in [3.63, 3.8) is 0 Å². The molecule has 2 aromatic rings. The molecule has 0 fully saturated rings. The number of anilines is 1. The molecule has 22 heavy (non-hydrogen) atoms. The maximum absolute atomic E-state index is 13.1. The van der Waals surface area contributed by atoms with Gasteiger partial charge in [0.05, 0.1) is 6.04 Å². The van der Waals surface area contributed by atoms with Crippen LogP contribution in [-0.2, 0) is 0 Å². The molecule has 0 radical (unpaired) electrons. The summed E-state index contributed by atoms with van der Waals surface area (Å²) < 4.78 is 26.1. The van der Waals surface area contributed by atoms with Gasteiger partial charge in [-0.1, -0.05) is 0 Å². The average molecular weight is 325 g/mol. The van der Waals surface area contributed by atoms with Crippen molar-refractivity contribution in [2.24, 2.45) is 0 Å². The Kier molecular flexibility index (Phi) is 5.46. The fraction of sp³-hybridized carbons (Fsp3) is 0.267. The van der Waals surface area contributed by atoms with Crippen LogP contribution in [0.1, 0.15) is 11.6 Å². The maximum atomic E-state index is 13.1. The molecule has 4 nitrogen and oxygen atoms in total. The number of rotatable bonds is 5. The Bertz CT molecular complexity index is 611. The number of likely N-dealkylation sites (N-methyl/N-ethyl adjacent to an activating group) is 1. The topological polar surface area (TPSA) is 44.4 Å². The first-order chi connectivity index (χ1) is 10.5. The molecular weight excluding hydrogens is 308 g/mol. The molecule has 1 aromatic carbocycles.